The van der Waals surface area contributed by atoms with E-state index in [0.29, 0.717) is 11.1 Å². The smallest absolute Gasteiger partial charge is 0.332 e. The fourth-order valence-electron chi connectivity index (χ4n) is 3.05. The summed E-state index contributed by atoms with van der Waals surface area (Å²) in [5.74, 6) is -1.14. The zero-order valence-corrected chi connectivity index (χ0v) is 16.8. The molecule has 0 saturated carbocycles. The molecule has 2 aromatic heterocycles. The Hall–Kier alpha value is -2.95. The summed E-state index contributed by atoms with van der Waals surface area (Å²) in [7, 11) is 1.38. The molecule has 0 atom stereocenters. The van der Waals surface area contributed by atoms with Crippen molar-refractivity contribution in [1.82, 2.24) is 18.7 Å². The molecule has 0 saturated heterocycles. The van der Waals surface area contributed by atoms with E-state index in [1.54, 1.807) is 6.92 Å². The normalized spacial score (nSPS) is 11.9. The predicted octanol–water partition coefficient (Wildman–Crippen LogP) is 0.401. The second-order valence-corrected chi connectivity index (χ2v) is 8.39. The topological polar surface area (TPSA) is 105 Å². The van der Waals surface area contributed by atoms with Crippen molar-refractivity contribution in [2.75, 3.05) is 7.11 Å². The number of ether oxygens (including phenoxy) is 1. The van der Waals surface area contributed by atoms with E-state index in [2.05, 4.69) is 4.98 Å². The van der Waals surface area contributed by atoms with Gasteiger partial charge in [-0.15, -0.1) is 0 Å². The van der Waals surface area contributed by atoms with Gasteiger partial charge in [-0.25, -0.2) is 17.6 Å². The summed E-state index contributed by atoms with van der Waals surface area (Å²) in [6.45, 7) is 1.59. The molecule has 2 heterocycles. The highest BCUT2D eigenvalue weighted by Gasteiger charge is 2.27. The van der Waals surface area contributed by atoms with E-state index >= 15 is 0 Å². The maximum absolute atomic E-state index is 13.8. The molecule has 150 valence electrons. The van der Waals surface area contributed by atoms with Crippen LogP contribution < -0.4 is 16.0 Å². The Labute approximate surface area is 159 Å². The number of imidazole rings is 1. The number of rotatable bonds is 4. The number of methoxy groups -OCH3 is 1. The number of aryl methyl sites for hydroxylation is 3. The van der Waals surface area contributed by atoms with Gasteiger partial charge in [-0.3, -0.25) is 13.9 Å². The Morgan fingerprint density at radius 3 is 2.36 bits per heavy atom. The van der Waals surface area contributed by atoms with Crippen molar-refractivity contribution in [2.24, 2.45) is 21.1 Å². The zero-order chi connectivity index (χ0) is 21.0. The summed E-state index contributed by atoms with van der Waals surface area (Å²) in [6, 6.07) is 2.51. The molecule has 0 spiro atoms. The van der Waals surface area contributed by atoms with Crippen molar-refractivity contribution in [1.29, 1.82) is 0 Å². The molecular weight excluding hydrogens is 391 g/mol. The van der Waals surface area contributed by atoms with Crippen LogP contribution in [-0.4, -0.2) is 34.2 Å². The van der Waals surface area contributed by atoms with Crippen molar-refractivity contribution in [3.8, 4) is 5.75 Å². The third kappa shape index (κ3) is 2.91. The van der Waals surface area contributed by atoms with Crippen LogP contribution in [0.4, 0.5) is 4.39 Å². The molecule has 0 aliphatic heterocycles. The lowest BCUT2D eigenvalue weighted by Gasteiger charge is -2.10. The largest absolute Gasteiger partial charge is 0.494 e. The fourth-order valence-corrected chi connectivity index (χ4v) is 4.64. The second kappa shape index (κ2) is 6.59. The Kier molecular flexibility index (Phi) is 4.66. The molecule has 28 heavy (non-hydrogen) atoms. The van der Waals surface area contributed by atoms with Crippen LogP contribution in [0.25, 0.3) is 11.2 Å². The molecule has 3 rings (SSSR count). The quantitative estimate of drug-likeness (QED) is 0.617. The third-order valence-corrected chi connectivity index (χ3v) is 6.28. The molecule has 11 heteroatoms. The van der Waals surface area contributed by atoms with Crippen molar-refractivity contribution in [3.05, 3.63) is 49.9 Å². The standard InChI is InChI=1S/C17H19FN4O5S/c1-9-6-11(18)12(27-5)7-10(9)8-28(25,26)16-19-14-13(20(16)2)15(23)22(4)17(24)21(14)3/h6-7H,8H2,1-5H3. The minimum atomic E-state index is -4.02. The Morgan fingerprint density at radius 1 is 1.11 bits per heavy atom. The van der Waals surface area contributed by atoms with E-state index in [0.717, 1.165) is 13.7 Å². The summed E-state index contributed by atoms with van der Waals surface area (Å²) in [6.07, 6.45) is 0. The van der Waals surface area contributed by atoms with Crippen LogP contribution >= 0.6 is 0 Å². The number of nitrogens with zero attached hydrogens (tertiary/aromatic N) is 4. The lowest BCUT2D eigenvalue weighted by molar-refractivity contribution is 0.386. The maximum atomic E-state index is 13.8. The van der Waals surface area contributed by atoms with Crippen LogP contribution in [0.1, 0.15) is 11.1 Å². The van der Waals surface area contributed by atoms with Crippen LogP contribution in [0.2, 0.25) is 0 Å². The SMILES string of the molecule is COc1cc(CS(=O)(=O)c2nc3c(c(=O)n(C)c(=O)n3C)n2C)c(C)cc1F. The van der Waals surface area contributed by atoms with Crippen LogP contribution in [-0.2, 0) is 36.7 Å². The third-order valence-electron chi connectivity index (χ3n) is 4.67. The highest BCUT2D eigenvalue weighted by atomic mass is 32.2. The molecule has 0 fully saturated rings. The summed E-state index contributed by atoms with van der Waals surface area (Å²) in [4.78, 5) is 28.6. The number of hydrogen-bond donors (Lipinski definition) is 0. The first-order valence-corrected chi connectivity index (χ1v) is 9.83. The average Bonchev–Trinajstić information content (AvgIpc) is 2.98. The first-order chi connectivity index (χ1) is 13.0. The molecule has 9 nitrogen and oxygen atoms in total. The molecule has 0 radical (unpaired) electrons. The molecule has 0 bridgehead atoms. The fraction of sp³-hybridized carbons (Fsp3) is 0.353. The maximum Gasteiger partial charge on any atom is 0.332 e. The molecule has 0 aliphatic rings. The van der Waals surface area contributed by atoms with Gasteiger partial charge < -0.3 is 9.30 Å². The summed E-state index contributed by atoms with van der Waals surface area (Å²) in [5, 5.41) is -0.358. The number of aromatic nitrogens is 4. The summed E-state index contributed by atoms with van der Waals surface area (Å²) < 4.78 is 47.9. The minimum Gasteiger partial charge on any atom is -0.494 e. The van der Waals surface area contributed by atoms with Gasteiger partial charge >= 0.3 is 5.69 Å². The van der Waals surface area contributed by atoms with E-state index in [9.17, 15) is 22.4 Å². The second-order valence-electron chi connectivity index (χ2n) is 6.50. The van der Waals surface area contributed by atoms with Crippen LogP contribution in [0.3, 0.4) is 0 Å². The van der Waals surface area contributed by atoms with E-state index in [1.807, 2.05) is 0 Å². The molecule has 1 aromatic carbocycles. The molecule has 3 aromatic rings. The Morgan fingerprint density at radius 2 is 1.75 bits per heavy atom. The lowest BCUT2D eigenvalue weighted by Crippen LogP contribution is -2.37. The summed E-state index contributed by atoms with van der Waals surface area (Å²) >= 11 is 0. The van der Waals surface area contributed by atoms with Crippen LogP contribution in [0.5, 0.6) is 5.75 Å². The number of benzene rings is 1. The first-order valence-electron chi connectivity index (χ1n) is 8.17. The average molecular weight is 410 g/mol. The van der Waals surface area contributed by atoms with Gasteiger partial charge in [0.15, 0.2) is 22.7 Å². The van der Waals surface area contributed by atoms with E-state index in [1.165, 1.54) is 40.4 Å². The minimum absolute atomic E-state index is 0.00316. The molecule has 0 unspecified atom stereocenters. The predicted molar refractivity (Wildman–Crippen MR) is 99.8 cm³/mol. The highest BCUT2D eigenvalue weighted by Crippen LogP contribution is 2.26. The number of hydrogen-bond acceptors (Lipinski definition) is 6. The van der Waals surface area contributed by atoms with Crippen molar-refractivity contribution in [3.63, 3.8) is 0 Å². The molecule has 0 amide bonds. The highest BCUT2D eigenvalue weighted by molar-refractivity contribution is 7.90. The van der Waals surface area contributed by atoms with Crippen LogP contribution in [0, 0.1) is 12.7 Å². The van der Waals surface area contributed by atoms with Gasteiger partial charge in [0, 0.05) is 21.1 Å². The van der Waals surface area contributed by atoms with Gasteiger partial charge in [0.25, 0.3) is 5.56 Å². The van der Waals surface area contributed by atoms with E-state index in [-0.39, 0.29) is 22.1 Å². The van der Waals surface area contributed by atoms with E-state index in [4.69, 9.17) is 4.74 Å². The van der Waals surface area contributed by atoms with Crippen molar-refractivity contribution < 1.29 is 17.5 Å². The van der Waals surface area contributed by atoms with Gasteiger partial charge in [0.2, 0.25) is 15.0 Å². The molecule has 0 aliphatic carbocycles. The number of fused-ring (bicyclic) bond motifs is 1. The van der Waals surface area contributed by atoms with Gasteiger partial charge in [0.1, 0.15) is 0 Å². The van der Waals surface area contributed by atoms with Gasteiger partial charge in [0.05, 0.1) is 12.9 Å². The monoisotopic (exact) mass is 410 g/mol. The molecule has 0 N–H and O–H groups in total. The van der Waals surface area contributed by atoms with Crippen molar-refractivity contribution in [2.45, 2.75) is 17.8 Å². The van der Waals surface area contributed by atoms with Gasteiger partial charge in [-0.1, -0.05) is 0 Å². The Balaban J connectivity index is 2.21. The van der Waals surface area contributed by atoms with Gasteiger partial charge in [-0.05, 0) is 30.2 Å². The van der Waals surface area contributed by atoms with Crippen LogP contribution in [0.15, 0.2) is 26.9 Å². The number of sulfone groups is 1. The van der Waals surface area contributed by atoms with Gasteiger partial charge in [-0.2, -0.15) is 4.98 Å². The first kappa shape index (κ1) is 19.8. The number of halogens is 1. The van der Waals surface area contributed by atoms with Crippen molar-refractivity contribution >= 4 is 21.0 Å². The lowest BCUT2D eigenvalue weighted by atomic mass is 10.1. The summed E-state index contributed by atoms with van der Waals surface area (Å²) in [5.41, 5.74) is -0.511. The molecular formula is C17H19FN4O5S. The van der Waals surface area contributed by atoms with E-state index < -0.39 is 32.7 Å². The Bertz CT molecular complexity index is 1330. The zero-order valence-electron chi connectivity index (χ0n) is 16.0.